The highest BCUT2D eigenvalue weighted by molar-refractivity contribution is 14.0. The van der Waals surface area contributed by atoms with Crippen LogP contribution in [0.1, 0.15) is 42.5 Å². The Morgan fingerprint density at radius 2 is 1.96 bits per heavy atom. The zero-order valence-corrected chi connectivity index (χ0v) is 20.2. The number of aliphatic imine (C=N–C) groups is 1. The van der Waals surface area contributed by atoms with Gasteiger partial charge in [0.15, 0.2) is 5.96 Å². The molecule has 1 aromatic carbocycles. The van der Waals surface area contributed by atoms with Gasteiger partial charge >= 0.3 is 0 Å². The Hall–Kier alpha value is -1.61. The third kappa shape index (κ3) is 8.18. The van der Waals surface area contributed by atoms with Crippen LogP contribution in [0.5, 0.6) is 0 Å². The molecular weight excluding hydrogens is 483 g/mol. The van der Waals surface area contributed by atoms with Gasteiger partial charge in [0.25, 0.3) is 0 Å². The average Bonchev–Trinajstić information content (AvgIpc) is 3.08. The molecule has 2 rings (SSSR count). The van der Waals surface area contributed by atoms with Crippen molar-refractivity contribution in [1.82, 2.24) is 10.6 Å². The van der Waals surface area contributed by atoms with Gasteiger partial charge in [0, 0.05) is 27.9 Å². The van der Waals surface area contributed by atoms with Gasteiger partial charge in [0.2, 0.25) is 5.91 Å². The molecule has 1 heterocycles. The van der Waals surface area contributed by atoms with E-state index >= 15 is 0 Å². The van der Waals surface area contributed by atoms with Crippen molar-refractivity contribution in [3.8, 4) is 0 Å². The normalized spacial score (nSPS) is 12.1. The average molecular weight is 514 g/mol. The number of carbonyl (C=O) groups excluding carboxylic acids is 1. The van der Waals surface area contributed by atoms with E-state index in [1.54, 1.807) is 11.3 Å². The highest BCUT2D eigenvalue weighted by atomic mass is 127. The Morgan fingerprint density at radius 1 is 1.18 bits per heavy atom. The monoisotopic (exact) mass is 514 g/mol. The van der Waals surface area contributed by atoms with E-state index < -0.39 is 0 Å². The molecule has 0 aliphatic rings. The van der Waals surface area contributed by atoms with Crippen LogP contribution in [0.3, 0.4) is 0 Å². The number of anilines is 1. The molecule has 2 aromatic rings. The number of hydrogen-bond donors (Lipinski definition) is 3. The van der Waals surface area contributed by atoms with Crippen molar-refractivity contribution in [3.63, 3.8) is 0 Å². The summed E-state index contributed by atoms with van der Waals surface area (Å²) in [5, 5.41) is 9.62. The third-order valence-corrected chi connectivity index (χ3v) is 5.25. The Bertz CT molecular complexity index is 775. The first-order chi connectivity index (χ1) is 13.0. The van der Waals surface area contributed by atoms with Gasteiger partial charge in [-0.2, -0.15) is 0 Å². The SMILES string of the molecule is CCNC(=NCc1cccc(NC(=O)C(C)CC)c1)NCc1ccc(C)s1.I. The number of halogens is 1. The van der Waals surface area contributed by atoms with Crippen LogP contribution in [-0.2, 0) is 17.9 Å². The highest BCUT2D eigenvalue weighted by Crippen LogP contribution is 2.15. The highest BCUT2D eigenvalue weighted by Gasteiger charge is 2.10. The van der Waals surface area contributed by atoms with Gasteiger partial charge in [-0.25, -0.2) is 4.99 Å². The molecule has 28 heavy (non-hydrogen) atoms. The standard InChI is InChI=1S/C21H30N4OS.HI/c1-5-15(3)20(26)25-18-9-7-8-17(12-18)13-23-21(22-6-2)24-14-19-11-10-16(4)27-19;/h7-12,15H,5-6,13-14H2,1-4H3,(H,25,26)(H2,22,23,24);1H. The summed E-state index contributed by atoms with van der Waals surface area (Å²) in [6.07, 6.45) is 0.831. The quantitative estimate of drug-likeness (QED) is 0.266. The smallest absolute Gasteiger partial charge is 0.227 e. The van der Waals surface area contributed by atoms with E-state index in [0.717, 1.165) is 36.7 Å². The van der Waals surface area contributed by atoms with E-state index in [-0.39, 0.29) is 35.8 Å². The molecular formula is C21H31IN4OS. The predicted octanol–water partition coefficient (Wildman–Crippen LogP) is 4.91. The predicted molar refractivity (Wildman–Crippen MR) is 131 cm³/mol. The van der Waals surface area contributed by atoms with Crippen LogP contribution in [0.15, 0.2) is 41.4 Å². The molecule has 1 unspecified atom stereocenters. The molecule has 1 aromatic heterocycles. The molecule has 0 saturated heterocycles. The third-order valence-electron chi connectivity index (χ3n) is 4.24. The van der Waals surface area contributed by atoms with Crippen molar-refractivity contribution in [2.24, 2.45) is 10.9 Å². The molecule has 0 aliphatic heterocycles. The maximum absolute atomic E-state index is 12.1. The first-order valence-corrected chi connectivity index (χ1v) is 10.3. The Morgan fingerprint density at radius 3 is 2.61 bits per heavy atom. The largest absolute Gasteiger partial charge is 0.357 e. The van der Waals surface area contributed by atoms with Crippen molar-refractivity contribution in [2.45, 2.75) is 47.2 Å². The van der Waals surface area contributed by atoms with E-state index in [1.165, 1.54) is 9.75 Å². The zero-order valence-electron chi connectivity index (χ0n) is 17.0. The molecule has 154 valence electrons. The van der Waals surface area contributed by atoms with E-state index in [9.17, 15) is 4.79 Å². The fourth-order valence-electron chi connectivity index (χ4n) is 2.46. The number of nitrogens with one attached hydrogen (secondary N) is 3. The van der Waals surface area contributed by atoms with Crippen LogP contribution in [0.4, 0.5) is 5.69 Å². The van der Waals surface area contributed by atoms with Gasteiger partial charge in [0.05, 0.1) is 13.1 Å². The van der Waals surface area contributed by atoms with Crippen LogP contribution in [0.25, 0.3) is 0 Å². The minimum atomic E-state index is 0. The molecule has 0 spiro atoms. The van der Waals surface area contributed by atoms with Crippen molar-refractivity contribution in [1.29, 1.82) is 0 Å². The van der Waals surface area contributed by atoms with Gasteiger partial charge in [-0.15, -0.1) is 35.3 Å². The van der Waals surface area contributed by atoms with Gasteiger partial charge < -0.3 is 16.0 Å². The number of carbonyl (C=O) groups is 1. The van der Waals surface area contributed by atoms with Gasteiger partial charge in [-0.05, 0) is 50.1 Å². The lowest BCUT2D eigenvalue weighted by Crippen LogP contribution is -2.36. The number of guanidine groups is 1. The molecule has 1 amide bonds. The summed E-state index contributed by atoms with van der Waals surface area (Å²) in [6, 6.07) is 12.1. The number of nitrogens with zero attached hydrogens (tertiary/aromatic N) is 1. The second-order valence-electron chi connectivity index (χ2n) is 6.56. The van der Waals surface area contributed by atoms with E-state index in [4.69, 9.17) is 0 Å². The van der Waals surface area contributed by atoms with Gasteiger partial charge in [-0.3, -0.25) is 4.79 Å². The second-order valence-corrected chi connectivity index (χ2v) is 7.93. The summed E-state index contributed by atoms with van der Waals surface area (Å²) in [4.78, 5) is 19.3. The van der Waals surface area contributed by atoms with E-state index in [2.05, 4.69) is 46.9 Å². The molecule has 3 N–H and O–H groups in total. The van der Waals surface area contributed by atoms with Crippen molar-refractivity contribution in [3.05, 3.63) is 51.7 Å². The van der Waals surface area contributed by atoms with Crippen LogP contribution in [0.2, 0.25) is 0 Å². The summed E-state index contributed by atoms with van der Waals surface area (Å²) in [6.45, 7) is 10.2. The van der Waals surface area contributed by atoms with Crippen LogP contribution < -0.4 is 16.0 Å². The molecule has 0 bridgehead atoms. The Labute approximate surface area is 189 Å². The fraction of sp³-hybridized carbons (Fsp3) is 0.429. The molecule has 1 atom stereocenters. The number of rotatable bonds is 8. The minimum absolute atomic E-state index is 0. The van der Waals surface area contributed by atoms with Crippen molar-refractivity contribution in [2.75, 3.05) is 11.9 Å². The lowest BCUT2D eigenvalue weighted by atomic mass is 10.1. The Balaban J connectivity index is 0.00000392. The topological polar surface area (TPSA) is 65.5 Å². The van der Waals surface area contributed by atoms with Crippen LogP contribution in [-0.4, -0.2) is 18.4 Å². The molecule has 0 aliphatic carbocycles. The lowest BCUT2D eigenvalue weighted by Gasteiger charge is -2.12. The second kappa shape index (κ2) is 12.8. The number of amides is 1. The number of thiophene rings is 1. The summed E-state index contributed by atoms with van der Waals surface area (Å²) < 4.78 is 0. The van der Waals surface area contributed by atoms with Gasteiger partial charge in [-0.1, -0.05) is 26.0 Å². The van der Waals surface area contributed by atoms with Crippen LogP contribution in [0, 0.1) is 12.8 Å². The lowest BCUT2D eigenvalue weighted by molar-refractivity contribution is -0.119. The van der Waals surface area contributed by atoms with Crippen molar-refractivity contribution < 1.29 is 4.79 Å². The zero-order chi connectivity index (χ0) is 19.6. The summed E-state index contributed by atoms with van der Waals surface area (Å²) in [7, 11) is 0. The number of aryl methyl sites for hydroxylation is 1. The first kappa shape index (κ1) is 24.4. The maximum Gasteiger partial charge on any atom is 0.227 e. The first-order valence-electron chi connectivity index (χ1n) is 9.49. The summed E-state index contributed by atoms with van der Waals surface area (Å²) >= 11 is 1.79. The Kier molecular flexibility index (Phi) is 11.1. The maximum atomic E-state index is 12.1. The number of benzene rings is 1. The van der Waals surface area contributed by atoms with Crippen LogP contribution >= 0.6 is 35.3 Å². The summed E-state index contributed by atoms with van der Waals surface area (Å²) in [5.74, 6) is 0.856. The molecule has 0 saturated carbocycles. The van der Waals surface area contributed by atoms with Gasteiger partial charge in [0.1, 0.15) is 0 Å². The molecule has 5 nitrogen and oxygen atoms in total. The minimum Gasteiger partial charge on any atom is -0.357 e. The number of hydrogen-bond acceptors (Lipinski definition) is 3. The van der Waals surface area contributed by atoms with E-state index in [0.29, 0.717) is 6.54 Å². The molecule has 7 heteroatoms. The van der Waals surface area contributed by atoms with Crippen molar-refractivity contribution >= 4 is 52.9 Å². The fourth-order valence-corrected chi connectivity index (χ4v) is 3.29. The summed E-state index contributed by atoms with van der Waals surface area (Å²) in [5.41, 5.74) is 1.88. The van der Waals surface area contributed by atoms with E-state index in [1.807, 2.05) is 38.1 Å². The molecule has 0 fully saturated rings. The molecule has 0 radical (unpaired) electrons.